The second-order valence-electron chi connectivity index (χ2n) is 8.23. The maximum Gasteiger partial charge on any atom is 0.222 e. The van der Waals surface area contributed by atoms with E-state index in [9.17, 15) is 4.79 Å². The van der Waals surface area contributed by atoms with Crippen LogP contribution in [0.1, 0.15) is 96.7 Å². The van der Waals surface area contributed by atoms with Crippen LogP contribution < -0.4 is 0 Å². The molecule has 1 amide bonds. The number of rotatable bonds is 1. The third kappa shape index (κ3) is 8.53. The highest BCUT2D eigenvalue weighted by atomic mass is 16.2. The van der Waals surface area contributed by atoms with Crippen LogP contribution >= 0.6 is 0 Å². The number of fused-ring (bicyclic) bond motifs is 1. The van der Waals surface area contributed by atoms with Crippen LogP contribution in [0.15, 0.2) is 12.2 Å². The highest BCUT2D eigenvalue weighted by molar-refractivity contribution is 5.76. The van der Waals surface area contributed by atoms with Crippen LogP contribution in [0.25, 0.3) is 0 Å². The van der Waals surface area contributed by atoms with Crippen molar-refractivity contribution in [2.45, 2.75) is 110 Å². The number of hydrogen-bond donors (Lipinski definition) is 0. The summed E-state index contributed by atoms with van der Waals surface area (Å²) in [6, 6.07) is 0.286. The van der Waals surface area contributed by atoms with E-state index in [2.05, 4.69) is 46.4 Å². The van der Waals surface area contributed by atoms with Gasteiger partial charge in [0.15, 0.2) is 5.82 Å². The Kier molecular flexibility index (Phi) is 10.8. The van der Waals surface area contributed by atoms with Crippen molar-refractivity contribution < 1.29 is 4.79 Å². The fourth-order valence-corrected chi connectivity index (χ4v) is 3.78. The predicted octanol–water partition coefficient (Wildman–Crippen LogP) is 4.70. The Morgan fingerprint density at radius 2 is 1.46 bits per heavy atom. The molecular weight excluding hydrogens is 350 g/mol. The van der Waals surface area contributed by atoms with Gasteiger partial charge in [0.25, 0.3) is 0 Å². The van der Waals surface area contributed by atoms with Crippen molar-refractivity contribution in [2.75, 3.05) is 6.54 Å². The molecule has 2 heterocycles. The molecule has 158 valence electrons. The number of tetrazole rings is 1. The number of carbonyl (C=O) groups excluding carboxylic acids is 1. The molecule has 0 spiro atoms. The topological polar surface area (TPSA) is 63.9 Å². The lowest BCUT2D eigenvalue weighted by molar-refractivity contribution is -0.133. The summed E-state index contributed by atoms with van der Waals surface area (Å²) in [4.78, 5) is 14.7. The number of amides is 1. The molecule has 0 aromatic carbocycles. The molecule has 0 aliphatic carbocycles. The summed E-state index contributed by atoms with van der Waals surface area (Å²) < 4.78 is 1.95. The summed E-state index contributed by atoms with van der Waals surface area (Å²) in [6.07, 6.45) is 18.8. The van der Waals surface area contributed by atoms with Crippen LogP contribution in [-0.2, 0) is 17.8 Å². The summed E-state index contributed by atoms with van der Waals surface area (Å²) in [7, 11) is 0. The van der Waals surface area contributed by atoms with E-state index in [0.717, 1.165) is 63.9 Å². The van der Waals surface area contributed by atoms with Crippen LogP contribution in [0.3, 0.4) is 0 Å². The Bertz CT molecular complexity index is 581. The molecule has 0 atom stereocenters. The molecule has 6 nitrogen and oxygen atoms in total. The molecular formula is C22H39N5O. The minimum Gasteiger partial charge on any atom is -0.340 e. The first kappa shape index (κ1) is 22.6. The molecule has 1 aromatic heterocycles. The maximum absolute atomic E-state index is 12.6. The molecule has 0 N–H and O–H groups in total. The highest BCUT2D eigenvalue weighted by Gasteiger charge is 2.16. The number of aryl methyl sites for hydroxylation is 2. The van der Waals surface area contributed by atoms with Crippen LogP contribution in [0.5, 0.6) is 0 Å². The smallest absolute Gasteiger partial charge is 0.222 e. The van der Waals surface area contributed by atoms with Crippen molar-refractivity contribution in [3.63, 3.8) is 0 Å². The van der Waals surface area contributed by atoms with E-state index in [1.807, 2.05) is 4.68 Å². The van der Waals surface area contributed by atoms with Gasteiger partial charge >= 0.3 is 0 Å². The zero-order chi connectivity index (χ0) is 20.0. The second-order valence-corrected chi connectivity index (χ2v) is 8.23. The zero-order valence-corrected chi connectivity index (χ0v) is 18.0. The molecule has 0 bridgehead atoms. The minimum atomic E-state index is 0.286. The van der Waals surface area contributed by atoms with Crippen molar-refractivity contribution >= 4 is 5.91 Å². The summed E-state index contributed by atoms with van der Waals surface area (Å²) in [5.74, 6) is 1.31. The van der Waals surface area contributed by atoms with Crippen molar-refractivity contribution in [3.8, 4) is 0 Å². The number of nitrogens with zero attached hydrogens (tertiary/aromatic N) is 5. The van der Waals surface area contributed by atoms with Gasteiger partial charge in [-0.3, -0.25) is 4.79 Å². The van der Waals surface area contributed by atoms with Gasteiger partial charge in [-0.15, -0.1) is 5.10 Å². The van der Waals surface area contributed by atoms with Gasteiger partial charge in [-0.25, -0.2) is 4.68 Å². The van der Waals surface area contributed by atoms with Gasteiger partial charge in [-0.05, 0) is 75.6 Å². The highest BCUT2D eigenvalue weighted by Crippen LogP contribution is 2.12. The van der Waals surface area contributed by atoms with Gasteiger partial charge in [0.05, 0.1) is 0 Å². The average Bonchev–Trinajstić information content (AvgIpc) is 3.11. The molecule has 1 aromatic rings. The van der Waals surface area contributed by atoms with Gasteiger partial charge in [-0.1, -0.05) is 31.4 Å². The lowest BCUT2D eigenvalue weighted by Crippen LogP contribution is -2.37. The SMILES string of the molecule is CC(C)N1CCCC/C=C\CCCCCCc2nnnn2CCCCCC1=O. The monoisotopic (exact) mass is 389 g/mol. The Labute approximate surface area is 170 Å². The average molecular weight is 390 g/mol. The first-order valence-electron chi connectivity index (χ1n) is 11.4. The van der Waals surface area contributed by atoms with Crippen molar-refractivity contribution in [3.05, 3.63) is 18.0 Å². The Hall–Kier alpha value is -1.72. The van der Waals surface area contributed by atoms with Gasteiger partial charge in [0, 0.05) is 32.0 Å². The maximum atomic E-state index is 12.6. The van der Waals surface area contributed by atoms with E-state index in [1.54, 1.807) is 0 Å². The summed E-state index contributed by atoms with van der Waals surface area (Å²) in [5.41, 5.74) is 0. The lowest BCUT2D eigenvalue weighted by atomic mass is 10.1. The van der Waals surface area contributed by atoms with Crippen LogP contribution in [0.4, 0.5) is 0 Å². The van der Waals surface area contributed by atoms with Gasteiger partial charge in [0.1, 0.15) is 0 Å². The standard InChI is InChI=1S/C22H39N5O/c1-20(2)26-18-14-10-8-6-4-3-5-7-9-12-16-21-23-24-25-27(21)19-15-11-13-17-22(26)28/h4,6,20H,3,5,7-19H2,1-2H3/b6-4-. The molecule has 0 fully saturated rings. The Morgan fingerprint density at radius 1 is 0.821 bits per heavy atom. The molecule has 2 rings (SSSR count). The molecule has 0 saturated carbocycles. The van der Waals surface area contributed by atoms with E-state index in [0.29, 0.717) is 12.3 Å². The molecule has 6 heteroatoms. The van der Waals surface area contributed by atoms with Gasteiger partial charge in [0.2, 0.25) is 5.91 Å². The zero-order valence-electron chi connectivity index (χ0n) is 18.0. The first-order chi connectivity index (χ1) is 13.7. The Morgan fingerprint density at radius 3 is 2.25 bits per heavy atom. The fraction of sp³-hybridized carbons (Fsp3) is 0.818. The second kappa shape index (κ2) is 13.5. The summed E-state index contributed by atoms with van der Waals surface area (Å²) in [5, 5.41) is 12.2. The van der Waals surface area contributed by atoms with Gasteiger partial charge in [-0.2, -0.15) is 0 Å². The van der Waals surface area contributed by atoms with Crippen molar-refractivity contribution in [1.82, 2.24) is 25.1 Å². The van der Waals surface area contributed by atoms with Crippen LogP contribution in [0.2, 0.25) is 0 Å². The number of carbonyl (C=O) groups is 1. The molecule has 1 aliphatic heterocycles. The van der Waals surface area contributed by atoms with Crippen molar-refractivity contribution in [2.24, 2.45) is 0 Å². The lowest BCUT2D eigenvalue weighted by Gasteiger charge is -2.27. The van der Waals surface area contributed by atoms with E-state index in [4.69, 9.17) is 0 Å². The Balaban J connectivity index is 1.86. The summed E-state index contributed by atoms with van der Waals surface area (Å²) >= 11 is 0. The van der Waals surface area contributed by atoms with Gasteiger partial charge < -0.3 is 4.90 Å². The minimum absolute atomic E-state index is 0.286. The molecule has 0 unspecified atom stereocenters. The van der Waals surface area contributed by atoms with Crippen LogP contribution in [-0.4, -0.2) is 43.6 Å². The fourth-order valence-electron chi connectivity index (χ4n) is 3.78. The van der Waals surface area contributed by atoms with Crippen molar-refractivity contribution in [1.29, 1.82) is 0 Å². The summed E-state index contributed by atoms with van der Waals surface area (Å²) in [6.45, 7) is 5.99. The number of aromatic nitrogens is 4. The third-order valence-corrected chi connectivity index (χ3v) is 5.52. The molecule has 0 saturated heterocycles. The van der Waals surface area contributed by atoms with E-state index in [1.165, 1.54) is 32.1 Å². The number of allylic oxidation sites excluding steroid dienone is 2. The van der Waals surface area contributed by atoms with E-state index >= 15 is 0 Å². The number of hydrogen-bond acceptors (Lipinski definition) is 4. The predicted molar refractivity (Wildman–Crippen MR) is 113 cm³/mol. The third-order valence-electron chi connectivity index (χ3n) is 5.52. The van der Waals surface area contributed by atoms with E-state index < -0.39 is 0 Å². The molecule has 28 heavy (non-hydrogen) atoms. The van der Waals surface area contributed by atoms with E-state index in [-0.39, 0.29) is 6.04 Å². The molecule has 1 aliphatic rings. The normalized spacial score (nSPS) is 21.1. The van der Waals surface area contributed by atoms with Crippen LogP contribution in [0, 0.1) is 0 Å². The quantitative estimate of drug-likeness (QED) is 0.653. The first-order valence-corrected chi connectivity index (χ1v) is 11.4. The largest absolute Gasteiger partial charge is 0.340 e. The molecule has 0 radical (unpaired) electrons.